The van der Waals surface area contributed by atoms with Crippen molar-refractivity contribution in [1.82, 2.24) is 10.3 Å². The monoisotopic (exact) mass is 298 g/mol. The summed E-state index contributed by atoms with van der Waals surface area (Å²) >= 11 is 5.97. The van der Waals surface area contributed by atoms with Crippen molar-refractivity contribution in [3.05, 3.63) is 52.7 Å². The number of hydrogen-bond acceptors (Lipinski definition) is 3. The second-order valence-electron chi connectivity index (χ2n) is 4.66. The van der Waals surface area contributed by atoms with Crippen LogP contribution in [0.5, 0.6) is 0 Å². The van der Waals surface area contributed by atoms with Crippen molar-refractivity contribution < 1.29 is 4.42 Å². The first-order valence-electron chi connectivity index (χ1n) is 6.21. The van der Waals surface area contributed by atoms with Gasteiger partial charge in [0.25, 0.3) is 0 Å². The van der Waals surface area contributed by atoms with Gasteiger partial charge in [0, 0.05) is 23.9 Å². The standard InChI is InChI=1S/C14H15ClN2O.ClH/c15-12-3-1-2-10(6-12)7-13-9-17-14(18-13)11-4-5-16-8-11;/h1-3,6,9,11,16H,4-5,7-8H2;1H. The Bertz CT molecular complexity index is 536. The lowest BCUT2D eigenvalue weighted by Gasteiger charge is -2.02. The molecule has 1 aromatic carbocycles. The van der Waals surface area contributed by atoms with Crippen molar-refractivity contribution in [2.24, 2.45) is 0 Å². The third-order valence-corrected chi connectivity index (χ3v) is 3.48. The molecule has 1 aliphatic heterocycles. The van der Waals surface area contributed by atoms with Crippen molar-refractivity contribution in [2.75, 3.05) is 13.1 Å². The lowest BCUT2D eigenvalue weighted by atomic mass is 10.1. The average molecular weight is 299 g/mol. The summed E-state index contributed by atoms with van der Waals surface area (Å²) in [6, 6.07) is 7.84. The molecule has 0 spiro atoms. The summed E-state index contributed by atoms with van der Waals surface area (Å²) < 4.78 is 5.82. The molecule has 1 aromatic heterocycles. The van der Waals surface area contributed by atoms with E-state index in [4.69, 9.17) is 16.0 Å². The van der Waals surface area contributed by atoms with Crippen LogP contribution < -0.4 is 5.32 Å². The fourth-order valence-electron chi connectivity index (χ4n) is 2.31. The molecule has 5 heteroatoms. The van der Waals surface area contributed by atoms with Gasteiger partial charge >= 0.3 is 0 Å². The molecule has 1 fully saturated rings. The van der Waals surface area contributed by atoms with Gasteiger partial charge in [-0.1, -0.05) is 23.7 Å². The number of benzene rings is 1. The van der Waals surface area contributed by atoms with Crippen LogP contribution in [0.3, 0.4) is 0 Å². The normalized spacial score (nSPS) is 18.3. The Balaban J connectivity index is 0.00000133. The molecule has 0 saturated carbocycles. The molecule has 1 unspecified atom stereocenters. The van der Waals surface area contributed by atoms with Gasteiger partial charge in [0.2, 0.25) is 0 Å². The predicted molar refractivity (Wildman–Crippen MR) is 78.2 cm³/mol. The molecule has 0 radical (unpaired) electrons. The summed E-state index contributed by atoms with van der Waals surface area (Å²) in [7, 11) is 0. The molecule has 0 aliphatic carbocycles. The summed E-state index contributed by atoms with van der Waals surface area (Å²) in [5.74, 6) is 2.19. The molecule has 3 rings (SSSR count). The third kappa shape index (κ3) is 3.50. The van der Waals surface area contributed by atoms with E-state index in [1.807, 2.05) is 30.5 Å². The van der Waals surface area contributed by atoms with Gasteiger partial charge in [-0.3, -0.25) is 0 Å². The second-order valence-corrected chi connectivity index (χ2v) is 5.10. The van der Waals surface area contributed by atoms with Gasteiger partial charge in [0.1, 0.15) is 5.76 Å². The molecule has 0 bridgehead atoms. The minimum atomic E-state index is 0. The van der Waals surface area contributed by atoms with Gasteiger partial charge in [-0.05, 0) is 30.7 Å². The molecular formula is C14H16Cl2N2O. The summed E-state index contributed by atoms with van der Waals surface area (Å²) in [4.78, 5) is 4.38. The largest absolute Gasteiger partial charge is 0.445 e. The number of nitrogens with one attached hydrogen (secondary N) is 1. The van der Waals surface area contributed by atoms with Crippen molar-refractivity contribution in [3.63, 3.8) is 0 Å². The van der Waals surface area contributed by atoms with E-state index in [1.165, 1.54) is 0 Å². The Kier molecular flexibility index (Phi) is 4.86. The smallest absolute Gasteiger partial charge is 0.198 e. The Hall–Kier alpha value is -1.03. The van der Waals surface area contributed by atoms with Gasteiger partial charge in [-0.2, -0.15) is 0 Å². The van der Waals surface area contributed by atoms with Crippen LogP contribution in [0.25, 0.3) is 0 Å². The zero-order valence-corrected chi connectivity index (χ0v) is 12.0. The lowest BCUT2D eigenvalue weighted by molar-refractivity contribution is 0.432. The summed E-state index contributed by atoms with van der Waals surface area (Å²) in [6.07, 6.45) is 3.68. The Morgan fingerprint density at radius 2 is 2.32 bits per heavy atom. The van der Waals surface area contributed by atoms with Crippen LogP contribution in [0.2, 0.25) is 5.02 Å². The molecule has 19 heavy (non-hydrogen) atoms. The molecule has 2 heterocycles. The molecule has 1 atom stereocenters. The predicted octanol–water partition coefficient (Wildman–Crippen LogP) is 3.42. The fraction of sp³-hybridized carbons (Fsp3) is 0.357. The molecule has 1 N–H and O–H groups in total. The minimum Gasteiger partial charge on any atom is -0.445 e. The van der Waals surface area contributed by atoms with Gasteiger partial charge in [-0.25, -0.2) is 4.98 Å². The number of nitrogens with zero attached hydrogens (tertiary/aromatic N) is 1. The summed E-state index contributed by atoms with van der Waals surface area (Å²) in [5.41, 5.74) is 1.15. The van der Waals surface area contributed by atoms with E-state index < -0.39 is 0 Å². The quantitative estimate of drug-likeness (QED) is 0.943. The average Bonchev–Trinajstić information content (AvgIpc) is 2.98. The third-order valence-electron chi connectivity index (χ3n) is 3.25. The highest BCUT2D eigenvalue weighted by Crippen LogP contribution is 2.23. The SMILES string of the molecule is Cl.Clc1cccc(Cc2cnc(C3CCNC3)o2)c1. The number of oxazole rings is 1. The van der Waals surface area contributed by atoms with E-state index in [-0.39, 0.29) is 12.4 Å². The topological polar surface area (TPSA) is 38.1 Å². The number of aromatic nitrogens is 1. The van der Waals surface area contributed by atoms with Crippen LogP contribution in [0.4, 0.5) is 0 Å². The highest BCUT2D eigenvalue weighted by atomic mass is 35.5. The Morgan fingerprint density at radius 1 is 1.42 bits per heavy atom. The zero-order chi connectivity index (χ0) is 12.4. The number of hydrogen-bond donors (Lipinski definition) is 1. The second kappa shape index (κ2) is 6.42. The zero-order valence-electron chi connectivity index (χ0n) is 10.4. The van der Waals surface area contributed by atoms with Crippen LogP contribution >= 0.6 is 24.0 Å². The molecule has 0 amide bonds. The van der Waals surface area contributed by atoms with Crippen molar-refractivity contribution in [1.29, 1.82) is 0 Å². The van der Waals surface area contributed by atoms with Gasteiger partial charge < -0.3 is 9.73 Å². The number of halogens is 2. The van der Waals surface area contributed by atoms with Crippen molar-refractivity contribution in [3.8, 4) is 0 Å². The van der Waals surface area contributed by atoms with Crippen LogP contribution in [0, 0.1) is 0 Å². The molecule has 3 nitrogen and oxygen atoms in total. The first-order chi connectivity index (χ1) is 8.81. The van der Waals surface area contributed by atoms with Gasteiger partial charge in [-0.15, -0.1) is 12.4 Å². The summed E-state index contributed by atoms with van der Waals surface area (Å²) in [5, 5.41) is 4.08. The first kappa shape index (κ1) is 14.4. The maximum Gasteiger partial charge on any atom is 0.198 e. The van der Waals surface area contributed by atoms with E-state index in [0.717, 1.165) is 48.2 Å². The van der Waals surface area contributed by atoms with Crippen LogP contribution in [0.15, 0.2) is 34.9 Å². The van der Waals surface area contributed by atoms with Gasteiger partial charge in [0.15, 0.2) is 5.89 Å². The highest BCUT2D eigenvalue weighted by molar-refractivity contribution is 6.30. The lowest BCUT2D eigenvalue weighted by Crippen LogP contribution is -2.07. The van der Waals surface area contributed by atoms with Crippen molar-refractivity contribution >= 4 is 24.0 Å². The molecule has 1 saturated heterocycles. The van der Waals surface area contributed by atoms with Crippen LogP contribution in [-0.2, 0) is 6.42 Å². The Morgan fingerprint density at radius 3 is 3.05 bits per heavy atom. The van der Waals surface area contributed by atoms with E-state index in [1.54, 1.807) is 0 Å². The van der Waals surface area contributed by atoms with E-state index in [2.05, 4.69) is 10.3 Å². The summed E-state index contributed by atoms with van der Waals surface area (Å²) in [6.45, 7) is 2.02. The van der Waals surface area contributed by atoms with E-state index in [0.29, 0.717) is 5.92 Å². The molecule has 2 aromatic rings. The highest BCUT2D eigenvalue weighted by Gasteiger charge is 2.21. The van der Waals surface area contributed by atoms with Crippen molar-refractivity contribution in [2.45, 2.75) is 18.8 Å². The molecule has 102 valence electrons. The molecular weight excluding hydrogens is 283 g/mol. The fourth-order valence-corrected chi connectivity index (χ4v) is 2.52. The van der Waals surface area contributed by atoms with Crippen LogP contribution in [-0.4, -0.2) is 18.1 Å². The van der Waals surface area contributed by atoms with E-state index in [9.17, 15) is 0 Å². The van der Waals surface area contributed by atoms with Gasteiger partial charge in [0.05, 0.1) is 6.20 Å². The maximum atomic E-state index is 5.97. The van der Waals surface area contributed by atoms with Crippen LogP contribution in [0.1, 0.15) is 29.6 Å². The minimum absolute atomic E-state index is 0. The first-order valence-corrected chi connectivity index (χ1v) is 6.59. The number of rotatable bonds is 3. The Labute approximate surface area is 123 Å². The maximum absolute atomic E-state index is 5.97. The molecule has 1 aliphatic rings. The van der Waals surface area contributed by atoms with E-state index >= 15 is 0 Å².